The van der Waals surface area contributed by atoms with Gasteiger partial charge in [0.1, 0.15) is 6.54 Å². The zero-order chi connectivity index (χ0) is 14.3. The molecule has 1 N–H and O–H groups in total. The number of nitrogens with zero attached hydrogens (tertiary/aromatic N) is 3. The maximum atomic E-state index is 9.82. The first kappa shape index (κ1) is 15.7. The summed E-state index contributed by atoms with van der Waals surface area (Å²) in [7, 11) is 1.96. The molecular weight excluding hydrogens is 242 g/mol. The number of rotatable bonds is 8. The summed E-state index contributed by atoms with van der Waals surface area (Å²) in [6, 6.07) is 0. The molecule has 1 aromatic heterocycles. The zero-order valence-corrected chi connectivity index (χ0v) is 11.9. The summed E-state index contributed by atoms with van der Waals surface area (Å²) in [4.78, 5) is 2.03. The van der Waals surface area contributed by atoms with E-state index in [4.69, 9.17) is 11.2 Å². The number of aliphatic hydroxyl groups excluding tert-OH is 1. The summed E-state index contributed by atoms with van der Waals surface area (Å²) in [5, 5.41) is 14.0. The first-order valence-corrected chi connectivity index (χ1v) is 6.44. The Bertz CT molecular complexity index is 409. The van der Waals surface area contributed by atoms with Gasteiger partial charge < -0.3 is 9.84 Å². The Labute approximate surface area is 115 Å². The van der Waals surface area contributed by atoms with Gasteiger partial charge in [-0.3, -0.25) is 9.58 Å². The number of aromatic nitrogens is 2. The van der Waals surface area contributed by atoms with Crippen molar-refractivity contribution in [3.8, 4) is 12.3 Å². The lowest BCUT2D eigenvalue weighted by molar-refractivity contribution is -0.00634. The summed E-state index contributed by atoms with van der Waals surface area (Å²) in [6.45, 7) is 6.04. The maximum absolute atomic E-state index is 9.82. The van der Waals surface area contributed by atoms with Crippen molar-refractivity contribution in [3.63, 3.8) is 0 Å². The highest BCUT2D eigenvalue weighted by Gasteiger charge is 2.10. The van der Waals surface area contributed by atoms with Crippen LogP contribution < -0.4 is 0 Å². The van der Waals surface area contributed by atoms with Crippen LogP contribution in [-0.4, -0.2) is 52.2 Å². The third-order valence-electron chi connectivity index (χ3n) is 2.54. The van der Waals surface area contributed by atoms with E-state index < -0.39 is 6.10 Å². The third kappa shape index (κ3) is 6.39. The van der Waals surface area contributed by atoms with Gasteiger partial charge >= 0.3 is 0 Å². The second-order valence-electron chi connectivity index (χ2n) is 4.98. The molecule has 5 heteroatoms. The average molecular weight is 265 g/mol. The molecule has 1 atom stereocenters. The molecule has 1 heterocycles. The quantitative estimate of drug-likeness (QED) is 0.704. The van der Waals surface area contributed by atoms with Crippen molar-refractivity contribution < 1.29 is 9.84 Å². The fourth-order valence-corrected chi connectivity index (χ4v) is 1.76. The SMILES string of the molecule is C#CCn1cc(CN(C)CC(O)COC(C)C)cn1. The van der Waals surface area contributed by atoms with Gasteiger partial charge in [-0.05, 0) is 20.9 Å². The summed E-state index contributed by atoms with van der Waals surface area (Å²) < 4.78 is 7.10. The molecule has 0 aliphatic heterocycles. The van der Waals surface area contributed by atoms with Crippen LogP contribution in [0.4, 0.5) is 0 Å². The highest BCUT2D eigenvalue weighted by atomic mass is 16.5. The van der Waals surface area contributed by atoms with Crippen LogP contribution in [0.1, 0.15) is 19.4 Å². The molecule has 0 aliphatic carbocycles. The van der Waals surface area contributed by atoms with Gasteiger partial charge in [-0.2, -0.15) is 5.10 Å². The normalized spacial score (nSPS) is 12.9. The van der Waals surface area contributed by atoms with Crippen molar-refractivity contribution in [2.45, 2.75) is 39.1 Å². The van der Waals surface area contributed by atoms with Crippen molar-refractivity contribution in [1.29, 1.82) is 0 Å². The molecule has 106 valence electrons. The molecule has 19 heavy (non-hydrogen) atoms. The molecule has 0 aliphatic rings. The molecule has 5 nitrogen and oxygen atoms in total. The summed E-state index contributed by atoms with van der Waals surface area (Å²) >= 11 is 0. The monoisotopic (exact) mass is 265 g/mol. The molecule has 0 saturated heterocycles. The first-order chi connectivity index (χ1) is 9.01. The van der Waals surface area contributed by atoms with Crippen LogP contribution in [0, 0.1) is 12.3 Å². The Hall–Kier alpha value is -1.35. The Morgan fingerprint density at radius 3 is 2.95 bits per heavy atom. The topological polar surface area (TPSA) is 50.5 Å². The minimum absolute atomic E-state index is 0.141. The van der Waals surface area contributed by atoms with Crippen LogP contribution in [0.15, 0.2) is 12.4 Å². The molecule has 0 fully saturated rings. The van der Waals surface area contributed by atoms with E-state index >= 15 is 0 Å². The predicted octanol–water partition coefficient (Wildman–Crippen LogP) is 0.734. The molecule has 0 radical (unpaired) electrons. The van der Waals surface area contributed by atoms with Gasteiger partial charge in [0.15, 0.2) is 0 Å². The standard InChI is InChI=1S/C14H23N3O2/c1-5-6-17-9-13(7-15-17)8-16(4)10-14(18)11-19-12(2)3/h1,7,9,12,14,18H,6,8,10-11H2,2-4H3. The van der Waals surface area contributed by atoms with Crippen LogP contribution in [0.25, 0.3) is 0 Å². The van der Waals surface area contributed by atoms with Crippen molar-refractivity contribution in [3.05, 3.63) is 18.0 Å². The molecule has 0 aromatic carbocycles. The van der Waals surface area contributed by atoms with Crippen molar-refractivity contribution >= 4 is 0 Å². The van der Waals surface area contributed by atoms with Gasteiger partial charge in [0, 0.05) is 24.8 Å². The van der Waals surface area contributed by atoms with Crippen LogP contribution in [0.2, 0.25) is 0 Å². The highest BCUT2D eigenvalue weighted by molar-refractivity contribution is 5.04. The van der Waals surface area contributed by atoms with Crippen LogP contribution >= 0.6 is 0 Å². The van der Waals surface area contributed by atoms with E-state index in [0.717, 1.165) is 12.1 Å². The Kier molecular flexibility index (Phi) is 6.57. The number of hydrogen-bond acceptors (Lipinski definition) is 4. The molecule has 0 spiro atoms. The molecular formula is C14H23N3O2. The van der Waals surface area contributed by atoms with E-state index in [-0.39, 0.29) is 6.10 Å². The van der Waals surface area contributed by atoms with Crippen LogP contribution in [-0.2, 0) is 17.8 Å². The summed E-state index contributed by atoms with van der Waals surface area (Å²) in [5.74, 6) is 2.54. The van der Waals surface area contributed by atoms with Gasteiger partial charge in [0.25, 0.3) is 0 Å². The van der Waals surface area contributed by atoms with E-state index in [1.807, 2.05) is 32.0 Å². The number of aliphatic hydroxyl groups is 1. The fourth-order valence-electron chi connectivity index (χ4n) is 1.76. The maximum Gasteiger partial charge on any atom is 0.101 e. The minimum atomic E-state index is -0.479. The second-order valence-corrected chi connectivity index (χ2v) is 4.98. The van der Waals surface area contributed by atoms with Gasteiger partial charge in [-0.1, -0.05) is 5.92 Å². The fraction of sp³-hybridized carbons (Fsp3) is 0.643. The van der Waals surface area contributed by atoms with Gasteiger partial charge in [0.05, 0.1) is 25.0 Å². The largest absolute Gasteiger partial charge is 0.389 e. The molecule has 0 bridgehead atoms. The van der Waals surface area contributed by atoms with Gasteiger partial charge in [0.2, 0.25) is 0 Å². The van der Waals surface area contributed by atoms with Crippen molar-refractivity contribution in [1.82, 2.24) is 14.7 Å². The highest BCUT2D eigenvalue weighted by Crippen LogP contribution is 2.03. The van der Waals surface area contributed by atoms with Crippen LogP contribution in [0.3, 0.4) is 0 Å². The second kappa shape index (κ2) is 7.95. The number of likely N-dealkylation sites (N-methyl/N-ethyl adjacent to an activating group) is 1. The predicted molar refractivity (Wildman–Crippen MR) is 74.5 cm³/mol. The zero-order valence-electron chi connectivity index (χ0n) is 11.9. The molecule has 1 aromatic rings. The Morgan fingerprint density at radius 2 is 2.32 bits per heavy atom. The Balaban J connectivity index is 2.33. The van der Waals surface area contributed by atoms with E-state index in [2.05, 4.69) is 11.0 Å². The lowest BCUT2D eigenvalue weighted by Gasteiger charge is -2.20. The summed E-state index contributed by atoms with van der Waals surface area (Å²) in [6.07, 6.45) is 8.61. The number of ether oxygens (including phenoxy) is 1. The van der Waals surface area contributed by atoms with E-state index in [1.165, 1.54) is 0 Å². The lowest BCUT2D eigenvalue weighted by Crippen LogP contribution is -2.32. The van der Waals surface area contributed by atoms with Crippen molar-refractivity contribution in [2.75, 3.05) is 20.2 Å². The third-order valence-corrected chi connectivity index (χ3v) is 2.54. The lowest BCUT2D eigenvalue weighted by atomic mass is 10.3. The smallest absolute Gasteiger partial charge is 0.101 e. The minimum Gasteiger partial charge on any atom is -0.389 e. The average Bonchev–Trinajstić information content (AvgIpc) is 2.74. The summed E-state index contributed by atoms with van der Waals surface area (Å²) in [5.41, 5.74) is 1.08. The van der Waals surface area contributed by atoms with Gasteiger partial charge in [-0.25, -0.2) is 0 Å². The number of terminal acetylenes is 1. The van der Waals surface area contributed by atoms with Crippen molar-refractivity contribution in [2.24, 2.45) is 0 Å². The molecule has 0 saturated carbocycles. The first-order valence-electron chi connectivity index (χ1n) is 6.44. The van der Waals surface area contributed by atoms with E-state index in [9.17, 15) is 5.11 Å². The van der Waals surface area contributed by atoms with Crippen LogP contribution in [0.5, 0.6) is 0 Å². The Morgan fingerprint density at radius 1 is 1.58 bits per heavy atom. The number of hydrogen-bond donors (Lipinski definition) is 1. The van der Waals surface area contributed by atoms with E-state index in [1.54, 1.807) is 10.9 Å². The molecule has 0 amide bonds. The molecule has 1 rings (SSSR count). The van der Waals surface area contributed by atoms with Gasteiger partial charge in [-0.15, -0.1) is 6.42 Å². The molecule has 1 unspecified atom stereocenters. The van der Waals surface area contributed by atoms with E-state index in [0.29, 0.717) is 19.7 Å².